The van der Waals surface area contributed by atoms with Crippen molar-refractivity contribution in [2.75, 3.05) is 12.3 Å². The molecule has 1 aromatic carbocycles. The summed E-state index contributed by atoms with van der Waals surface area (Å²) < 4.78 is 8.02. The second-order valence-electron chi connectivity index (χ2n) is 7.73. The van der Waals surface area contributed by atoms with Crippen molar-refractivity contribution in [3.05, 3.63) is 66.7 Å². The zero-order chi connectivity index (χ0) is 23.7. The van der Waals surface area contributed by atoms with Crippen molar-refractivity contribution < 1.29 is 14.3 Å². The molecule has 3 rings (SSSR count). The maximum absolute atomic E-state index is 12.7. The molecule has 0 unspecified atom stereocenters. The van der Waals surface area contributed by atoms with Gasteiger partial charge in [-0.2, -0.15) is 5.10 Å². The predicted molar refractivity (Wildman–Crippen MR) is 117 cm³/mol. The summed E-state index contributed by atoms with van der Waals surface area (Å²) in [6, 6.07) is 6.36. The summed E-state index contributed by atoms with van der Waals surface area (Å²) in [5.74, 6) is -2.06. The molecule has 0 aliphatic rings. The van der Waals surface area contributed by atoms with Crippen molar-refractivity contribution >= 4 is 28.3 Å². The summed E-state index contributed by atoms with van der Waals surface area (Å²) >= 11 is 0. The molecule has 32 heavy (non-hydrogen) atoms. The smallest absolute Gasteiger partial charge is 0.359 e. The van der Waals surface area contributed by atoms with Crippen LogP contribution >= 0.6 is 0 Å². The monoisotopic (exact) mass is 441 g/mol. The molecule has 2 N–H and O–H groups in total. The Morgan fingerprint density at radius 2 is 1.69 bits per heavy atom. The number of hydrogen-bond donors (Lipinski definition) is 1. The molecule has 0 radical (unpaired) electrons. The molecule has 168 valence electrons. The lowest BCUT2D eigenvalue weighted by atomic mass is 10.1. The second kappa shape index (κ2) is 8.61. The molecule has 0 saturated carbocycles. The lowest BCUT2D eigenvalue weighted by Gasteiger charge is -2.16. The van der Waals surface area contributed by atoms with E-state index in [4.69, 9.17) is 10.5 Å². The van der Waals surface area contributed by atoms with E-state index in [1.54, 1.807) is 18.2 Å². The number of carbonyl (C=O) groups excluding carboxylic acids is 2. The largest absolute Gasteiger partial charge is 0.452 e. The molecular formula is C21H23N5O6. The number of benzene rings is 1. The number of ether oxygens (including phenoxy) is 1. The zero-order valence-corrected chi connectivity index (χ0v) is 18.1. The van der Waals surface area contributed by atoms with Crippen LogP contribution in [0.1, 0.15) is 34.7 Å². The van der Waals surface area contributed by atoms with Gasteiger partial charge in [0.2, 0.25) is 5.78 Å². The molecule has 0 amide bonds. The number of nitrogens with two attached hydrogens (primary N) is 1. The molecule has 11 nitrogen and oxygen atoms in total. The minimum atomic E-state index is -0.948. The third kappa shape index (κ3) is 3.96. The standard InChI is InChI=1S/C21H23N5O6/c1-11(2)9-26-17(22)15(19(29)24(3)21(26)31)14(27)10-32-20(30)16-12-7-5-6-8-13(12)18(28)25(4)23-16/h5-8,11H,9-10,22H2,1-4H3. The number of anilines is 1. The van der Waals surface area contributed by atoms with Crippen LogP contribution in [0, 0.1) is 5.92 Å². The van der Waals surface area contributed by atoms with E-state index in [0.29, 0.717) is 0 Å². The van der Waals surface area contributed by atoms with E-state index < -0.39 is 40.7 Å². The molecule has 0 saturated heterocycles. The van der Waals surface area contributed by atoms with Crippen LogP contribution in [-0.4, -0.2) is 37.3 Å². The average molecular weight is 441 g/mol. The van der Waals surface area contributed by atoms with E-state index in [0.717, 1.165) is 13.8 Å². The van der Waals surface area contributed by atoms with Crippen molar-refractivity contribution in [2.24, 2.45) is 20.0 Å². The first-order valence-electron chi connectivity index (χ1n) is 9.80. The van der Waals surface area contributed by atoms with Crippen molar-refractivity contribution in [1.82, 2.24) is 18.9 Å². The average Bonchev–Trinajstić information content (AvgIpc) is 2.76. The Hall–Kier alpha value is -4.02. The lowest BCUT2D eigenvalue weighted by Crippen LogP contribution is -2.43. The van der Waals surface area contributed by atoms with Crippen molar-refractivity contribution in [3.8, 4) is 0 Å². The highest BCUT2D eigenvalue weighted by Gasteiger charge is 2.24. The van der Waals surface area contributed by atoms with Gasteiger partial charge in [-0.3, -0.25) is 23.5 Å². The number of nitrogens with zero attached hydrogens (tertiary/aromatic N) is 4. The Kier molecular flexibility index (Phi) is 6.10. The van der Waals surface area contributed by atoms with Crippen molar-refractivity contribution in [3.63, 3.8) is 0 Å². The number of ketones is 1. The summed E-state index contributed by atoms with van der Waals surface area (Å²) in [6.07, 6.45) is 0. The Bertz CT molecular complexity index is 1410. The minimum Gasteiger partial charge on any atom is -0.452 e. The molecule has 0 aliphatic heterocycles. The van der Waals surface area contributed by atoms with Gasteiger partial charge in [-0.15, -0.1) is 0 Å². The molecule has 0 atom stereocenters. The summed E-state index contributed by atoms with van der Waals surface area (Å²) in [4.78, 5) is 62.5. The summed E-state index contributed by atoms with van der Waals surface area (Å²) in [7, 11) is 2.63. The molecule has 3 aromatic rings. The van der Waals surface area contributed by atoms with Gasteiger partial charge >= 0.3 is 11.7 Å². The number of carbonyl (C=O) groups is 2. The Morgan fingerprint density at radius 3 is 2.31 bits per heavy atom. The number of aromatic nitrogens is 4. The first kappa shape index (κ1) is 22.7. The number of nitrogen functional groups attached to an aromatic ring is 1. The Balaban J connectivity index is 1.94. The van der Waals surface area contributed by atoms with Gasteiger partial charge < -0.3 is 10.5 Å². The second-order valence-corrected chi connectivity index (χ2v) is 7.73. The third-order valence-corrected chi connectivity index (χ3v) is 4.89. The maximum atomic E-state index is 12.7. The molecule has 11 heteroatoms. The van der Waals surface area contributed by atoms with Crippen LogP contribution in [-0.2, 0) is 25.4 Å². The van der Waals surface area contributed by atoms with Crippen molar-refractivity contribution in [1.29, 1.82) is 0 Å². The van der Waals surface area contributed by atoms with Crippen LogP contribution < -0.4 is 22.5 Å². The SMILES string of the molecule is CC(C)Cn1c(N)c(C(=O)COC(=O)c2nn(C)c(=O)c3ccccc23)c(=O)n(C)c1=O. The molecular weight excluding hydrogens is 418 g/mol. The van der Waals surface area contributed by atoms with Gasteiger partial charge in [0.15, 0.2) is 12.3 Å². The normalized spacial score (nSPS) is 11.2. The molecule has 2 heterocycles. The van der Waals surface area contributed by atoms with Gasteiger partial charge in [0.25, 0.3) is 11.1 Å². The van der Waals surface area contributed by atoms with Crippen LogP contribution in [0.5, 0.6) is 0 Å². The van der Waals surface area contributed by atoms with Crippen LogP contribution in [0.2, 0.25) is 0 Å². The molecule has 0 bridgehead atoms. The van der Waals surface area contributed by atoms with E-state index in [1.165, 1.54) is 20.2 Å². The number of fused-ring (bicyclic) bond motifs is 1. The van der Waals surface area contributed by atoms with Crippen LogP contribution in [0.4, 0.5) is 5.82 Å². The van der Waals surface area contributed by atoms with E-state index in [1.807, 2.05) is 13.8 Å². The highest BCUT2D eigenvalue weighted by molar-refractivity contribution is 6.05. The van der Waals surface area contributed by atoms with Gasteiger partial charge in [0.1, 0.15) is 11.4 Å². The van der Waals surface area contributed by atoms with E-state index in [9.17, 15) is 24.0 Å². The number of esters is 1. The fourth-order valence-corrected chi connectivity index (χ4v) is 3.31. The summed E-state index contributed by atoms with van der Waals surface area (Å²) in [5.41, 5.74) is 3.48. The third-order valence-electron chi connectivity index (χ3n) is 4.89. The topological polar surface area (TPSA) is 148 Å². The van der Waals surface area contributed by atoms with Gasteiger partial charge in [0, 0.05) is 26.0 Å². The first-order valence-corrected chi connectivity index (χ1v) is 9.80. The number of rotatable bonds is 6. The number of Topliss-reactive ketones (excluding diaryl/α,β-unsaturated/α-hetero) is 1. The van der Waals surface area contributed by atoms with Crippen LogP contribution in [0.3, 0.4) is 0 Å². The minimum absolute atomic E-state index is 0.0253. The highest BCUT2D eigenvalue weighted by atomic mass is 16.5. The van der Waals surface area contributed by atoms with Crippen LogP contribution in [0.25, 0.3) is 10.8 Å². The zero-order valence-electron chi connectivity index (χ0n) is 18.1. The Labute approximate surface area is 181 Å². The van der Waals surface area contributed by atoms with Gasteiger partial charge in [-0.25, -0.2) is 14.3 Å². The molecule has 0 spiro atoms. The number of aryl methyl sites for hydroxylation is 1. The van der Waals surface area contributed by atoms with E-state index in [2.05, 4.69) is 5.10 Å². The maximum Gasteiger partial charge on any atom is 0.359 e. The lowest BCUT2D eigenvalue weighted by molar-refractivity contribution is 0.0468. The van der Waals surface area contributed by atoms with Gasteiger partial charge in [0.05, 0.1) is 5.39 Å². The predicted octanol–water partition coefficient (Wildman–Crippen LogP) is 0.0718. The summed E-state index contributed by atoms with van der Waals surface area (Å²) in [6.45, 7) is 3.11. The van der Waals surface area contributed by atoms with E-state index >= 15 is 0 Å². The molecule has 0 fully saturated rings. The van der Waals surface area contributed by atoms with Gasteiger partial charge in [-0.1, -0.05) is 32.0 Å². The van der Waals surface area contributed by atoms with Gasteiger partial charge in [-0.05, 0) is 12.0 Å². The fourth-order valence-electron chi connectivity index (χ4n) is 3.31. The summed E-state index contributed by atoms with van der Waals surface area (Å²) in [5, 5.41) is 4.48. The molecule has 2 aromatic heterocycles. The fraction of sp³-hybridized carbons (Fsp3) is 0.333. The van der Waals surface area contributed by atoms with E-state index in [-0.39, 0.29) is 34.7 Å². The Morgan fingerprint density at radius 1 is 1.06 bits per heavy atom. The van der Waals surface area contributed by atoms with Crippen LogP contribution in [0.15, 0.2) is 38.6 Å². The quantitative estimate of drug-likeness (QED) is 0.417. The number of hydrogen-bond acceptors (Lipinski definition) is 8. The van der Waals surface area contributed by atoms with Crippen molar-refractivity contribution in [2.45, 2.75) is 20.4 Å². The highest BCUT2D eigenvalue weighted by Crippen LogP contribution is 2.15. The first-order chi connectivity index (χ1) is 15.0. The molecule has 0 aliphatic carbocycles.